The molecular weight excluding hydrogens is 463 g/mol. The zero-order valence-corrected chi connectivity index (χ0v) is 20.0. The first-order valence-electron chi connectivity index (χ1n) is 8.51. The van der Waals surface area contributed by atoms with Gasteiger partial charge in [0.05, 0.1) is 5.54 Å². The Morgan fingerprint density at radius 2 is 1.92 bits per heavy atom. The lowest BCUT2D eigenvalue weighted by molar-refractivity contribution is 0.0474. The minimum Gasteiger partial charge on any atom is -0.444 e. The third kappa shape index (κ3) is 10.2. The lowest BCUT2D eigenvalue weighted by atomic mass is 10.1. The fourth-order valence-corrected chi connectivity index (χ4v) is 2.86. The lowest BCUT2D eigenvalue weighted by Gasteiger charge is -2.29. The van der Waals surface area contributed by atoms with Crippen LogP contribution in [0.4, 0.5) is 4.79 Å². The van der Waals surface area contributed by atoms with Crippen LogP contribution in [0.5, 0.6) is 0 Å². The predicted octanol–water partition coefficient (Wildman–Crippen LogP) is 3.94. The summed E-state index contributed by atoms with van der Waals surface area (Å²) in [6.45, 7) is 12.9. The summed E-state index contributed by atoms with van der Waals surface area (Å²) >= 11 is 1.76. The minimum atomic E-state index is -0.511. The van der Waals surface area contributed by atoms with Crippen molar-refractivity contribution < 1.29 is 9.53 Å². The molecule has 0 saturated heterocycles. The van der Waals surface area contributed by atoms with Gasteiger partial charge < -0.3 is 20.7 Å². The zero-order valence-electron chi connectivity index (χ0n) is 16.8. The average molecular weight is 496 g/mol. The number of alkyl carbamates (subject to hydrolysis) is 1. The Hall–Kier alpha value is -1.03. The second-order valence-electron chi connectivity index (χ2n) is 7.73. The van der Waals surface area contributed by atoms with Gasteiger partial charge in [0.25, 0.3) is 0 Å². The first-order valence-corrected chi connectivity index (χ1v) is 9.39. The Labute approximate surface area is 178 Å². The molecule has 0 aliphatic heterocycles. The number of aliphatic imine (C=N–C) groups is 1. The molecule has 6 nitrogen and oxygen atoms in total. The van der Waals surface area contributed by atoms with E-state index in [1.54, 1.807) is 18.4 Å². The number of amides is 1. The molecule has 8 heteroatoms. The number of carbonyl (C=O) groups is 1. The van der Waals surface area contributed by atoms with E-state index in [9.17, 15) is 4.79 Å². The summed E-state index contributed by atoms with van der Waals surface area (Å²) in [7, 11) is 1.74. The first kappa shape index (κ1) is 25.0. The van der Waals surface area contributed by atoms with E-state index in [4.69, 9.17) is 4.74 Å². The van der Waals surface area contributed by atoms with Crippen LogP contribution in [-0.4, -0.2) is 43.3 Å². The van der Waals surface area contributed by atoms with E-state index in [0.29, 0.717) is 18.4 Å². The fraction of sp³-hybridized carbons (Fsp3) is 0.667. The SMILES string of the molecule is CN=C(NCC(C)c1cccs1)NCC(C)(C)NC(=O)OC(C)(C)C.I. The van der Waals surface area contributed by atoms with Crippen LogP contribution < -0.4 is 16.0 Å². The molecule has 0 aromatic carbocycles. The molecule has 150 valence electrons. The molecule has 0 spiro atoms. The molecule has 1 unspecified atom stereocenters. The number of hydrogen-bond donors (Lipinski definition) is 3. The Kier molecular flexibility index (Phi) is 10.5. The maximum atomic E-state index is 11.9. The number of halogens is 1. The van der Waals surface area contributed by atoms with Gasteiger partial charge in [0, 0.05) is 30.9 Å². The summed E-state index contributed by atoms with van der Waals surface area (Å²) in [5.41, 5.74) is -0.984. The molecule has 1 heterocycles. The average Bonchev–Trinajstić information content (AvgIpc) is 2.98. The molecule has 1 amide bonds. The Bertz CT molecular complexity index is 568. The normalized spacial score (nSPS) is 13.4. The van der Waals surface area contributed by atoms with Gasteiger partial charge in [-0.25, -0.2) is 4.79 Å². The van der Waals surface area contributed by atoms with Crippen LogP contribution in [-0.2, 0) is 4.74 Å². The highest BCUT2D eigenvalue weighted by Crippen LogP contribution is 2.19. The highest BCUT2D eigenvalue weighted by molar-refractivity contribution is 14.0. The molecular formula is C18H33IN4O2S. The van der Waals surface area contributed by atoms with E-state index < -0.39 is 17.2 Å². The smallest absolute Gasteiger partial charge is 0.408 e. The van der Waals surface area contributed by atoms with Crippen molar-refractivity contribution in [3.8, 4) is 0 Å². The molecule has 26 heavy (non-hydrogen) atoms. The number of nitrogens with one attached hydrogen (secondary N) is 3. The predicted molar refractivity (Wildman–Crippen MR) is 121 cm³/mol. The Morgan fingerprint density at radius 3 is 2.42 bits per heavy atom. The lowest BCUT2D eigenvalue weighted by Crippen LogP contribution is -2.54. The maximum absolute atomic E-state index is 11.9. The van der Waals surface area contributed by atoms with Crippen LogP contribution in [0, 0.1) is 0 Å². The highest BCUT2D eigenvalue weighted by Gasteiger charge is 2.24. The van der Waals surface area contributed by atoms with Crippen molar-refractivity contribution in [2.24, 2.45) is 4.99 Å². The summed E-state index contributed by atoms with van der Waals surface area (Å²) < 4.78 is 5.30. The van der Waals surface area contributed by atoms with Crippen LogP contribution >= 0.6 is 35.3 Å². The van der Waals surface area contributed by atoms with Gasteiger partial charge in [-0.05, 0) is 46.1 Å². The molecule has 1 aromatic rings. The fourth-order valence-electron chi connectivity index (χ4n) is 2.07. The Balaban J connectivity index is 0.00000625. The Morgan fingerprint density at radius 1 is 1.27 bits per heavy atom. The van der Waals surface area contributed by atoms with Crippen molar-refractivity contribution in [2.45, 2.75) is 58.6 Å². The van der Waals surface area contributed by atoms with Gasteiger partial charge in [0.2, 0.25) is 0 Å². The minimum absolute atomic E-state index is 0. The van der Waals surface area contributed by atoms with Crippen molar-refractivity contribution in [3.63, 3.8) is 0 Å². The molecule has 0 aliphatic carbocycles. The topological polar surface area (TPSA) is 74.8 Å². The monoisotopic (exact) mass is 496 g/mol. The maximum Gasteiger partial charge on any atom is 0.408 e. The zero-order chi connectivity index (χ0) is 19.1. The van der Waals surface area contributed by atoms with Crippen molar-refractivity contribution in [3.05, 3.63) is 22.4 Å². The summed E-state index contributed by atoms with van der Waals surface area (Å²) in [5.74, 6) is 1.12. The van der Waals surface area contributed by atoms with Gasteiger partial charge in [0.15, 0.2) is 5.96 Å². The van der Waals surface area contributed by atoms with Crippen molar-refractivity contribution >= 4 is 47.4 Å². The van der Waals surface area contributed by atoms with Crippen molar-refractivity contribution in [2.75, 3.05) is 20.1 Å². The van der Waals surface area contributed by atoms with Gasteiger partial charge in [-0.3, -0.25) is 4.99 Å². The molecule has 1 atom stereocenters. The molecule has 0 fully saturated rings. The third-order valence-electron chi connectivity index (χ3n) is 3.37. The van der Waals surface area contributed by atoms with E-state index in [2.05, 4.69) is 45.4 Å². The van der Waals surface area contributed by atoms with E-state index in [-0.39, 0.29) is 24.0 Å². The number of hydrogen-bond acceptors (Lipinski definition) is 4. The molecule has 0 aliphatic rings. The standard InChI is InChI=1S/C18H32N4O2S.HI/c1-13(14-9-8-10-25-14)11-20-15(19-7)21-12-18(5,6)22-16(23)24-17(2,3)4;/h8-10,13H,11-12H2,1-7H3,(H,22,23)(H2,19,20,21);1H. The highest BCUT2D eigenvalue weighted by atomic mass is 127. The second kappa shape index (κ2) is 11.0. The second-order valence-corrected chi connectivity index (χ2v) is 8.71. The van der Waals surface area contributed by atoms with Gasteiger partial charge in [-0.15, -0.1) is 35.3 Å². The third-order valence-corrected chi connectivity index (χ3v) is 4.47. The largest absolute Gasteiger partial charge is 0.444 e. The van der Waals surface area contributed by atoms with Crippen molar-refractivity contribution in [1.82, 2.24) is 16.0 Å². The number of rotatable bonds is 6. The van der Waals surface area contributed by atoms with Crippen LogP contribution in [0.15, 0.2) is 22.5 Å². The van der Waals surface area contributed by atoms with Gasteiger partial charge >= 0.3 is 6.09 Å². The molecule has 1 rings (SSSR count). The number of guanidine groups is 1. The van der Waals surface area contributed by atoms with Crippen LogP contribution in [0.25, 0.3) is 0 Å². The van der Waals surface area contributed by atoms with Gasteiger partial charge in [0.1, 0.15) is 5.60 Å². The van der Waals surface area contributed by atoms with Crippen LogP contribution in [0.3, 0.4) is 0 Å². The van der Waals surface area contributed by atoms with E-state index in [1.165, 1.54) is 4.88 Å². The van der Waals surface area contributed by atoms with Gasteiger partial charge in [-0.2, -0.15) is 0 Å². The summed E-state index contributed by atoms with van der Waals surface area (Å²) in [6.07, 6.45) is -0.423. The quantitative estimate of drug-likeness (QED) is 0.317. The van der Waals surface area contributed by atoms with E-state index in [0.717, 1.165) is 6.54 Å². The van der Waals surface area contributed by atoms with Gasteiger partial charge in [-0.1, -0.05) is 13.0 Å². The summed E-state index contributed by atoms with van der Waals surface area (Å²) in [4.78, 5) is 17.5. The molecule has 1 aromatic heterocycles. The number of ether oxygens (including phenoxy) is 1. The van der Waals surface area contributed by atoms with Crippen LogP contribution in [0.1, 0.15) is 52.3 Å². The number of nitrogens with zero attached hydrogens (tertiary/aromatic N) is 1. The molecule has 0 saturated carbocycles. The van der Waals surface area contributed by atoms with Crippen LogP contribution in [0.2, 0.25) is 0 Å². The van der Waals surface area contributed by atoms with E-state index >= 15 is 0 Å². The van der Waals surface area contributed by atoms with E-state index in [1.807, 2.05) is 34.6 Å². The molecule has 0 radical (unpaired) electrons. The number of thiophene rings is 1. The van der Waals surface area contributed by atoms with Crippen molar-refractivity contribution in [1.29, 1.82) is 0 Å². The summed E-state index contributed by atoms with van der Waals surface area (Å²) in [6, 6.07) is 4.20. The molecule has 0 bridgehead atoms. The number of carbonyl (C=O) groups excluding carboxylic acids is 1. The first-order chi connectivity index (χ1) is 11.5. The summed E-state index contributed by atoms with van der Waals surface area (Å²) in [5, 5.41) is 11.5. The molecule has 3 N–H and O–H groups in total.